The van der Waals surface area contributed by atoms with Crippen LogP contribution in [0.15, 0.2) is 12.1 Å². The number of aliphatic hydroxyl groups excluding tert-OH is 1. The zero-order valence-corrected chi connectivity index (χ0v) is 10.6. The molecule has 2 unspecified atom stereocenters. The van der Waals surface area contributed by atoms with Gasteiger partial charge in [0.2, 0.25) is 0 Å². The third kappa shape index (κ3) is 3.59. The SMILES string of the molecule is CCc1ccc(C(O)C(N)CC(C)C)s1. The van der Waals surface area contributed by atoms with Crippen LogP contribution in [0.4, 0.5) is 0 Å². The van der Waals surface area contributed by atoms with Gasteiger partial charge in [-0.3, -0.25) is 0 Å². The lowest BCUT2D eigenvalue weighted by atomic mass is 9.99. The van der Waals surface area contributed by atoms with Gasteiger partial charge in [0, 0.05) is 15.8 Å². The summed E-state index contributed by atoms with van der Waals surface area (Å²) in [5.74, 6) is 0.528. The highest BCUT2D eigenvalue weighted by molar-refractivity contribution is 7.12. The second kappa shape index (κ2) is 5.64. The van der Waals surface area contributed by atoms with Crippen molar-refractivity contribution < 1.29 is 5.11 Å². The van der Waals surface area contributed by atoms with E-state index in [-0.39, 0.29) is 6.04 Å². The van der Waals surface area contributed by atoms with Crippen molar-refractivity contribution in [3.63, 3.8) is 0 Å². The lowest BCUT2D eigenvalue weighted by Crippen LogP contribution is -2.29. The first-order valence-corrected chi connectivity index (χ1v) is 6.38. The third-order valence-electron chi connectivity index (χ3n) is 2.47. The van der Waals surface area contributed by atoms with E-state index in [0.717, 1.165) is 17.7 Å². The van der Waals surface area contributed by atoms with E-state index in [0.29, 0.717) is 5.92 Å². The Bertz CT molecular complexity index is 296. The summed E-state index contributed by atoms with van der Waals surface area (Å²) >= 11 is 1.67. The maximum absolute atomic E-state index is 10.0. The molecule has 0 fully saturated rings. The number of hydrogen-bond acceptors (Lipinski definition) is 3. The molecule has 3 N–H and O–H groups in total. The molecule has 0 bridgehead atoms. The van der Waals surface area contributed by atoms with E-state index in [4.69, 9.17) is 5.73 Å². The predicted octanol–water partition coefficient (Wildman–Crippen LogP) is 2.72. The van der Waals surface area contributed by atoms with Crippen molar-refractivity contribution in [3.05, 3.63) is 21.9 Å². The molecule has 86 valence electrons. The van der Waals surface area contributed by atoms with Gasteiger partial charge in [0.05, 0.1) is 0 Å². The quantitative estimate of drug-likeness (QED) is 0.812. The average Bonchev–Trinajstić information content (AvgIpc) is 2.63. The molecule has 0 amide bonds. The van der Waals surface area contributed by atoms with Crippen LogP contribution in [0.1, 0.15) is 43.1 Å². The highest BCUT2D eigenvalue weighted by Crippen LogP contribution is 2.27. The standard InChI is InChI=1S/C12H21NOS/c1-4-9-5-6-11(15-9)12(14)10(13)7-8(2)3/h5-6,8,10,12,14H,4,7,13H2,1-3H3. The molecule has 0 aliphatic heterocycles. The maximum Gasteiger partial charge on any atom is 0.103 e. The molecule has 0 saturated heterocycles. The van der Waals surface area contributed by atoms with E-state index in [1.807, 2.05) is 6.07 Å². The Balaban J connectivity index is 2.62. The van der Waals surface area contributed by atoms with E-state index in [2.05, 4.69) is 26.8 Å². The van der Waals surface area contributed by atoms with Crippen LogP contribution in [0.5, 0.6) is 0 Å². The van der Waals surface area contributed by atoms with Gasteiger partial charge >= 0.3 is 0 Å². The Morgan fingerprint density at radius 2 is 2.07 bits per heavy atom. The predicted molar refractivity (Wildman–Crippen MR) is 66.1 cm³/mol. The number of aliphatic hydroxyl groups is 1. The van der Waals surface area contributed by atoms with Gasteiger partial charge in [0.1, 0.15) is 6.10 Å². The number of hydrogen-bond donors (Lipinski definition) is 2. The van der Waals surface area contributed by atoms with Crippen molar-refractivity contribution in [2.24, 2.45) is 11.7 Å². The molecule has 0 aliphatic carbocycles. The van der Waals surface area contributed by atoms with Crippen LogP contribution in [-0.2, 0) is 6.42 Å². The van der Waals surface area contributed by atoms with Gasteiger partial charge in [0.25, 0.3) is 0 Å². The van der Waals surface area contributed by atoms with Crippen molar-refractivity contribution in [2.75, 3.05) is 0 Å². The second-order valence-electron chi connectivity index (χ2n) is 4.40. The molecule has 0 aliphatic rings. The molecular formula is C12H21NOS. The van der Waals surface area contributed by atoms with Gasteiger partial charge < -0.3 is 10.8 Å². The molecule has 1 heterocycles. The van der Waals surface area contributed by atoms with Gasteiger partial charge in [-0.05, 0) is 30.9 Å². The molecule has 2 atom stereocenters. The third-order valence-corrected chi connectivity index (χ3v) is 3.77. The fourth-order valence-electron chi connectivity index (χ4n) is 1.63. The van der Waals surface area contributed by atoms with Gasteiger partial charge in [0.15, 0.2) is 0 Å². The zero-order valence-electron chi connectivity index (χ0n) is 9.73. The van der Waals surface area contributed by atoms with Crippen molar-refractivity contribution in [3.8, 4) is 0 Å². The van der Waals surface area contributed by atoms with Gasteiger partial charge in [-0.1, -0.05) is 20.8 Å². The van der Waals surface area contributed by atoms with Crippen molar-refractivity contribution in [2.45, 2.75) is 45.8 Å². The Morgan fingerprint density at radius 3 is 2.53 bits per heavy atom. The van der Waals surface area contributed by atoms with Crippen LogP contribution < -0.4 is 5.73 Å². The second-order valence-corrected chi connectivity index (χ2v) is 5.60. The van der Waals surface area contributed by atoms with E-state index in [1.54, 1.807) is 11.3 Å². The minimum absolute atomic E-state index is 0.145. The summed E-state index contributed by atoms with van der Waals surface area (Å²) in [4.78, 5) is 2.31. The molecule has 15 heavy (non-hydrogen) atoms. The number of aryl methyl sites for hydroxylation is 1. The van der Waals surface area contributed by atoms with Gasteiger partial charge in [-0.25, -0.2) is 0 Å². The Hall–Kier alpha value is -0.380. The minimum Gasteiger partial charge on any atom is -0.386 e. The van der Waals surface area contributed by atoms with E-state index < -0.39 is 6.10 Å². The van der Waals surface area contributed by atoms with E-state index in [1.165, 1.54) is 4.88 Å². The molecule has 0 spiro atoms. The van der Waals surface area contributed by atoms with Crippen LogP contribution in [0.3, 0.4) is 0 Å². The minimum atomic E-state index is -0.502. The fraction of sp³-hybridized carbons (Fsp3) is 0.667. The van der Waals surface area contributed by atoms with Crippen LogP contribution >= 0.6 is 11.3 Å². The molecule has 1 rings (SSSR count). The molecule has 0 radical (unpaired) electrons. The van der Waals surface area contributed by atoms with Crippen LogP contribution in [0.25, 0.3) is 0 Å². The first-order chi connectivity index (χ1) is 7.04. The highest BCUT2D eigenvalue weighted by atomic mass is 32.1. The van der Waals surface area contributed by atoms with Crippen LogP contribution in [0.2, 0.25) is 0 Å². The molecule has 0 aromatic carbocycles. The zero-order chi connectivity index (χ0) is 11.4. The lowest BCUT2D eigenvalue weighted by molar-refractivity contribution is 0.139. The average molecular weight is 227 g/mol. The summed E-state index contributed by atoms with van der Waals surface area (Å²) < 4.78 is 0. The smallest absolute Gasteiger partial charge is 0.103 e. The maximum atomic E-state index is 10.0. The summed E-state index contributed by atoms with van der Waals surface area (Å²) in [5, 5.41) is 10.0. The van der Waals surface area contributed by atoms with E-state index >= 15 is 0 Å². The van der Waals surface area contributed by atoms with Crippen LogP contribution in [-0.4, -0.2) is 11.1 Å². The largest absolute Gasteiger partial charge is 0.386 e. The first-order valence-electron chi connectivity index (χ1n) is 5.56. The molecule has 1 aromatic heterocycles. The normalized spacial score (nSPS) is 15.6. The van der Waals surface area contributed by atoms with E-state index in [9.17, 15) is 5.11 Å². The Kier molecular flexibility index (Phi) is 4.77. The molecule has 0 saturated carbocycles. The van der Waals surface area contributed by atoms with Gasteiger partial charge in [-0.15, -0.1) is 11.3 Å². The molecule has 1 aromatic rings. The monoisotopic (exact) mass is 227 g/mol. The Morgan fingerprint density at radius 1 is 1.40 bits per heavy atom. The topological polar surface area (TPSA) is 46.2 Å². The highest BCUT2D eigenvalue weighted by Gasteiger charge is 2.19. The van der Waals surface area contributed by atoms with Crippen LogP contribution in [0, 0.1) is 5.92 Å². The summed E-state index contributed by atoms with van der Waals surface area (Å²) in [6, 6.07) is 3.92. The first kappa shape index (κ1) is 12.7. The summed E-state index contributed by atoms with van der Waals surface area (Å²) in [6.45, 7) is 6.37. The number of rotatable bonds is 5. The summed E-state index contributed by atoms with van der Waals surface area (Å²) in [5.41, 5.74) is 5.96. The van der Waals surface area contributed by atoms with Gasteiger partial charge in [-0.2, -0.15) is 0 Å². The van der Waals surface area contributed by atoms with Crippen molar-refractivity contribution in [1.82, 2.24) is 0 Å². The molecule has 3 heteroatoms. The fourth-order valence-corrected chi connectivity index (χ4v) is 2.64. The lowest BCUT2D eigenvalue weighted by Gasteiger charge is -2.19. The number of thiophene rings is 1. The number of nitrogens with two attached hydrogens (primary N) is 1. The molecule has 2 nitrogen and oxygen atoms in total. The Labute approximate surface area is 96.1 Å². The summed E-state index contributed by atoms with van der Waals surface area (Å²) in [7, 11) is 0. The molecular weight excluding hydrogens is 206 g/mol. The summed E-state index contributed by atoms with van der Waals surface area (Å²) in [6.07, 6.45) is 1.38. The van der Waals surface area contributed by atoms with Crippen molar-refractivity contribution in [1.29, 1.82) is 0 Å². The van der Waals surface area contributed by atoms with Crippen molar-refractivity contribution >= 4 is 11.3 Å².